The highest BCUT2D eigenvalue weighted by atomic mass is 19.1. The SMILES string of the molecule is [B]c1ccc(-c2cc3nc(C(=O)N4CCc5ccccc5C4C)cc(CC)n3n2)c(F)c1. The van der Waals surface area contributed by atoms with Crippen LogP contribution in [0.15, 0.2) is 54.6 Å². The van der Waals surface area contributed by atoms with Crippen LogP contribution in [0.4, 0.5) is 4.39 Å². The van der Waals surface area contributed by atoms with Gasteiger partial charge in [-0.1, -0.05) is 48.8 Å². The first-order valence-corrected chi connectivity index (χ1v) is 10.8. The number of rotatable bonds is 3. The minimum absolute atomic E-state index is 0.0279. The Morgan fingerprint density at radius 2 is 2.00 bits per heavy atom. The van der Waals surface area contributed by atoms with Crippen molar-refractivity contribution in [3.05, 3.63) is 82.9 Å². The van der Waals surface area contributed by atoms with Gasteiger partial charge in [0.05, 0.1) is 11.7 Å². The summed E-state index contributed by atoms with van der Waals surface area (Å²) >= 11 is 0. The highest BCUT2D eigenvalue weighted by Gasteiger charge is 2.29. The van der Waals surface area contributed by atoms with Crippen molar-refractivity contribution in [2.75, 3.05) is 6.54 Å². The average Bonchev–Trinajstić information content (AvgIpc) is 3.22. The molecule has 2 aromatic carbocycles. The fourth-order valence-corrected chi connectivity index (χ4v) is 4.47. The molecule has 0 spiro atoms. The summed E-state index contributed by atoms with van der Waals surface area (Å²) < 4.78 is 16.1. The van der Waals surface area contributed by atoms with Gasteiger partial charge in [0.2, 0.25) is 0 Å². The summed E-state index contributed by atoms with van der Waals surface area (Å²) in [7, 11) is 5.67. The molecule has 2 radical (unpaired) electrons. The number of carbonyl (C=O) groups is 1. The first-order valence-electron chi connectivity index (χ1n) is 10.8. The molecule has 0 saturated heterocycles. The Kier molecular flexibility index (Phi) is 5.04. The van der Waals surface area contributed by atoms with Crippen LogP contribution in [0.25, 0.3) is 16.9 Å². The Bertz CT molecular complexity index is 1350. The van der Waals surface area contributed by atoms with Crippen molar-refractivity contribution in [2.45, 2.75) is 32.7 Å². The normalized spacial score (nSPS) is 15.7. The van der Waals surface area contributed by atoms with E-state index in [1.54, 1.807) is 28.8 Å². The third-order valence-electron chi connectivity index (χ3n) is 6.21. The predicted octanol–water partition coefficient (Wildman–Crippen LogP) is 3.65. The van der Waals surface area contributed by atoms with Gasteiger partial charge >= 0.3 is 0 Å². The van der Waals surface area contributed by atoms with Crippen LogP contribution in [-0.2, 0) is 12.8 Å². The summed E-state index contributed by atoms with van der Waals surface area (Å²) in [5, 5.41) is 4.55. The van der Waals surface area contributed by atoms with Crippen molar-refractivity contribution < 1.29 is 9.18 Å². The van der Waals surface area contributed by atoms with Crippen molar-refractivity contribution in [1.82, 2.24) is 19.5 Å². The van der Waals surface area contributed by atoms with E-state index < -0.39 is 5.82 Å². The van der Waals surface area contributed by atoms with Gasteiger partial charge in [0.15, 0.2) is 5.65 Å². The Morgan fingerprint density at radius 3 is 2.78 bits per heavy atom. The van der Waals surface area contributed by atoms with Gasteiger partial charge in [-0.05, 0) is 43.0 Å². The van der Waals surface area contributed by atoms with Crippen LogP contribution in [0.5, 0.6) is 0 Å². The minimum atomic E-state index is -0.441. The molecule has 5 rings (SSSR count). The molecule has 1 unspecified atom stereocenters. The molecule has 1 aliphatic rings. The Morgan fingerprint density at radius 1 is 1.19 bits per heavy atom. The topological polar surface area (TPSA) is 50.5 Å². The average molecular weight is 424 g/mol. The van der Waals surface area contributed by atoms with Gasteiger partial charge in [0, 0.05) is 23.9 Å². The number of aryl methyl sites for hydroxylation is 1. The molecule has 0 aliphatic carbocycles. The molecule has 4 aromatic rings. The molecule has 1 aliphatic heterocycles. The molecule has 1 amide bonds. The molecule has 3 heterocycles. The van der Waals surface area contributed by atoms with Crippen LogP contribution in [-0.4, -0.2) is 39.8 Å². The van der Waals surface area contributed by atoms with Gasteiger partial charge in [-0.15, -0.1) is 0 Å². The first-order chi connectivity index (χ1) is 15.5. The van der Waals surface area contributed by atoms with E-state index in [2.05, 4.69) is 29.1 Å². The van der Waals surface area contributed by atoms with Crippen LogP contribution >= 0.6 is 0 Å². The van der Waals surface area contributed by atoms with Crippen molar-refractivity contribution >= 4 is 24.9 Å². The molecular formula is C25H22BFN4O. The maximum Gasteiger partial charge on any atom is 0.273 e. The van der Waals surface area contributed by atoms with Crippen molar-refractivity contribution in [2.24, 2.45) is 0 Å². The van der Waals surface area contributed by atoms with E-state index >= 15 is 0 Å². The van der Waals surface area contributed by atoms with E-state index in [-0.39, 0.29) is 11.9 Å². The zero-order chi connectivity index (χ0) is 22.4. The molecule has 0 saturated carbocycles. The number of hydrogen-bond acceptors (Lipinski definition) is 3. The number of amides is 1. The number of fused-ring (bicyclic) bond motifs is 2. The molecule has 0 bridgehead atoms. The second kappa shape index (κ2) is 7.90. The number of halogens is 1. The van der Waals surface area contributed by atoms with Gasteiger partial charge in [-0.25, -0.2) is 13.9 Å². The molecule has 32 heavy (non-hydrogen) atoms. The summed E-state index contributed by atoms with van der Waals surface area (Å²) in [6.07, 6.45) is 1.48. The highest BCUT2D eigenvalue weighted by molar-refractivity contribution is 6.32. The lowest BCUT2D eigenvalue weighted by Crippen LogP contribution is -2.39. The molecule has 0 N–H and O–H groups in total. The molecule has 0 fully saturated rings. The summed E-state index contributed by atoms with van der Waals surface area (Å²) in [4.78, 5) is 19.9. The predicted molar refractivity (Wildman–Crippen MR) is 123 cm³/mol. The van der Waals surface area contributed by atoms with E-state index in [9.17, 15) is 9.18 Å². The van der Waals surface area contributed by atoms with E-state index in [1.807, 2.05) is 24.0 Å². The highest BCUT2D eigenvalue weighted by Crippen LogP contribution is 2.30. The zero-order valence-electron chi connectivity index (χ0n) is 18.0. The molecular weight excluding hydrogens is 402 g/mol. The fourth-order valence-electron chi connectivity index (χ4n) is 4.47. The first kappa shape index (κ1) is 20.4. The summed E-state index contributed by atoms with van der Waals surface area (Å²) in [5.41, 5.74) is 5.35. The quantitative estimate of drug-likeness (QED) is 0.472. The summed E-state index contributed by atoms with van der Waals surface area (Å²) in [6, 6.07) is 16.2. The molecule has 1 atom stereocenters. The van der Waals surface area contributed by atoms with E-state index in [0.717, 1.165) is 12.1 Å². The second-order valence-electron chi connectivity index (χ2n) is 8.15. The second-order valence-corrected chi connectivity index (χ2v) is 8.15. The van der Waals surface area contributed by atoms with E-state index in [4.69, 9.17) is 7.85 Å². The number of carbonyl (C=O) groups excluding carboxylic acids is 1. The van der Waals surface area contributed by atoms with Gasteiger partial charge in [0.1, 0.15) is 19.4 Å². The summed E-state index contributed by atoms with van der Waals surface area (Å²) in [5.74, 6) is -0.547. The van der Waals surface area contributed by atoms with Gasteiger partial charge < -0.3 is 4.90 Å². The van der Waals surface area contributed by atoms with Crippen molar-refractivity contribution in [3.63, 3.8) is 0 Å². The Labute approximate surface area is 187 Å². The zero-order valence-corrected chi connectivity index (χ0v) is 18.0. The minimum Gasteiger partial charge on any atom is -0.330 e. The largest absolute Gasteiger partial charge is 0.330 e. The monoisotopic (exact) mass is 424 g/mol. The molecule has 158 valence electrons. The number of hydrogen-bond donors (Lipinski definition) is 0. The van der Waals surface area contributed by atoms with Crippen LogP contribution in [0.3, 0.4) is 0 Å². The van der Waals surface area contributed by atoms with Crippen molar-refractivity contribution in [1.29, 1.82) is 0 Å². The molecule has 2 aromatic heterocycles. The maximum atomic E-state index is 14.5. The lowest BCUT2D eigenvalue weighted by molar-refractivity contribution is 0.0671. The van der Waals surface area contributed by atoms with E-state index in [0.29, 0.717) is 41.0 Å². The third-order valence-corrected chi connectivity index (χ3v) is 6.21. The van der Waals surface area contributed by atoms with Gasteiger partial charge in [-0.2, -0.15) is 5.10 Å². The molecule has 7 heteroatoms. The van der Waals surface area contributed by atoms with Crippen LogP contribution in [0, 0.1) is 5.82 Å². The summed E-state index contributed by atoms with van der Waals surface area (Å²) in [6.45, 7) is 4.69. The smallest absolute Gasteiger partial charge is 0.273 e. The lowest BCUT2D eigenvalue weighted by atomic mass is 9.93. The Hall–Kier alpha value is -3.48. The van der Waals surface area contributed by atoms with Gasteiger partial charge in [-0.3, -0.25) is 4.79 Å². The van der Waals surface area contributed by atoms with Gasteiger partial charge in [0.25, 0.3) is 5.91 Å². The lowest BCUT2D eigenvalue weighted by Gasteiger charge is -2.35. The number of benzene rings is 2. The van der Waals surface area contributed by atoms with Crippen LogP contribution in [0.2, 0.25) is 0 Å². The maximum absolute atomic E-state index is 14.5. The van der Waals surface area contributed by atoms with E-state index in [1.165, 1.54) is 17.2 Å². The van der Waals surface area contributed by atoms with Crippen molar-refractivity contribution in [3.8, 4) is 11.3 Å². The van der Waals surface area contributed by atoms with Crippen LogP contribution in [0.1, 0.15) is 47.2 Å². The van der Waals surface area contributed by atoms with Crippen LogP contribution < -0.4 is 5.46 Å². The third kappa shape index (κ3) is 3.38. The number of aromatic nitrogens is 3. The Balaban J connectivity index is 1.54. The fraction of sp³-hybridized carbons (Fsp3) is 0.240. The number of nitrogens with zero attached hydrogens (tertiary/aromatic N) is 4. The molecule has 5 nitrogen and oxygen atoms in total. The standard InChI is InChI=1S/C25H22BFN4O/c1-3-18-13-23(25(32)30-11-10-16-6-4-5-7-19(16)15(30)2)28-24-14-22(29-31(18)24)20-9-8-17(26)12-21(20)27/h4-9,12-15H,3,10-11H2,1-2H3.